The largest absolute Gasteiger partial charge is 0.456 e. The number of aliphatic hydroxyl groups excluding tert-OH is 1. The highest BCUT2D eigenvalue weighted by molar-refractivity contribution is 7.15. The maximum Gasteiger partial charge on any atom is 0.303 e. The minimum absolute atomic E-state index is 0.0164. The zero-order chi connectivity index (χ0) is 31.4. The molecule has 4 N–H and O–H groups in total. The summed E-state index contributed by atoms with van der Waals surface area (Å²) in [4.78, 5) is 45.4. The van der Waals surface area contributed by atoms with E-state index in [1.165, 1.54) is 42.9 Å². The van der Waals surface area contributed by atoms with Crippen LogP contribution in [0.15, 0.2) is 23.8 Å². The lowest BCUT2D eigenvalue weighted by atomic mass is 9.38. The zero-order valence-corrected chi connectivity index (χ0v) is 27.1. The predicted octanol–water partition coefficient (Wildman–Crippen LogP) is 4.71. The van der Waals surface area contributed by atoms with Crippen molar-refractivity contribution in [1.82, 2.24) is 4.98 Å². The quantitative estimate of drug-likeness (QED) is 0.252. The molecule has 5 rings (SSSR count). The topological polar surface area (TPSA) is 140 Å². The lowest BCUT2D eigenvalue weighted by Crippen LogP contribution is -2.64. The molecule has 0 amide bonds. The molecular weight excluding hydrogens is 552 g/mol. The molecule has 1 aromatic heterocycles. The summed E-state index contributed by atoms with van der Waals surface area (Å²) in [5, 5.41) is 24.0. The van der Waals surface area contributed by atoms with Gasteiger partial charge in [0.05, 0.1) is 11.8 Å². The van der Waals surface area contributed by atoms with E-state index >= 15 is 0 Å². The Kier molecular flexibility index (Phi) is 6.90. The fraction of sp³-hybridized carbons (Fsp3) is 0.697. The third-order valence-corrected chi connectivity index (χ3v) is 12.8. The summed E-state index contributed by atoms with van der Waals surface area (Å²) in [6.45, 7) is 16.6. The Morgan fingerprint density at radius 3 is 2.43 bits per heavy atom. The van der Waals surface area contributed by atoms with Gasteiger partial charge in [0.1, 0.15) is 17.0 Å². The molecule has 0 aromatic carbocycles. The van der Waals surface area contributed by atoms with Crippen molar-refractivity contribution in [3.8, 4) is 0 Å². The van der Waals surface area contributed by atoms with Crippen LogP contribution in [-0.2, 0) is 31.0 Å². The van der Waals surface area contributed by atoms with Crippen LogP contribution in [0.5, 0.6) is 0 Å². The Morgan fingerprint density at radius 1 is 1.17 bits per heavy atom. The lowest BCUT2D eigenvalue weighted by Gasteiger charge is -2.64. The summed E-state index contributed by atoms with van der Waals surface area (Å²) in [6.07, 6.45) is 5.92. The second kappa shape index (κ2) is 9.32. The number of thiazole rings is 1. The van der Waals surface area contributed by atoms with Crippen LogP contribution in [0.3, 0.4) is 0 Å². The van der Waals surface area contributed by atoms with Gasteiger partial charge < -0.3 is 20.7 Å². The highest BCUT2D eigenvalue weighted by atomic mass is 32.1. The Labute approximate surface area is 252 Å². The lowest BCUT2D eigenvalue weighted by molar-refractivity contribution is -0.180. The van der Waals surface area contributed by atoms with Gasteiger partial charge in [-0.1, -0.05) is 46.3 Å². The van der Waals surface area contributed by atoms with E-state index in [2.05, 4.69) is 38.8 Å². The van der Waals surface area contributed by atoms with E-state index in [4.69, 9.17) is 10.5 Å². The molecule has 0 bridgehead atoms. The number of fused-ring (bicyclic) bond motifs is 6. The van der Waals surface area contributed by atoms with Crippen molar-refractivity contribution in [2.75, 3.05) is 5.73 Å². The number of hydrogen-bond acceptors (Lipinski definition) is 9. The first-order valence-corrected chi connectivity index (χ1v) is 15.8. The molecule has 8 atom stereocenters. The van der Waals surface area contributed by atoms with Gasteiger partial charge in [-0.25, -0.2) is 4.98 Å². The number of Topliss-reactive ketones (excluding diaryl/α,β-unsaturated/α-hetero) is 1. The molecule has 0 radical (unpaired) electrons. The first kappa shape index (κ1) is 31.1. The van der Waals surface area contributed by atoms with Crippen LogP contribution in [0.4, 0.5) is 5.13 Å². The number of carbonyl (C=O) groups is 3. The number of aliphatic hydroxyl groups is 2. The van der Waals surface area contributed by atoms with Gasteiger partial charge in [-0.3, -0.25) is 14.4 Å². The van der Waals surface area contributed by atoms with E-state index < -0.39 is 51.2 Å². The Hall–Kier alpha value is -2.36. The molecule has 42 heavy (non-hydrogen) atoms. The summed E-state index contributed by atoms with van der Waals surface area (Å²) >= 11 is 1.51. The molecule has 0 unspecified atom stereocenters. The molecule has 230 valence electrons. The summed E-state index contributed by atoms with van der Waals surface area (Å²) < 4.78 is 5.27. The van der Waals surface area contributed by atoms with Crippen LogP contribution in [0.1, 0.15) is 92.1 Å². The number of ether oxygens (including phenoxy) is 1. The second-order valence-electron chi connectivity index (χ2n) is 15.2. The molecule has 4 aliphatic rings. The van der Waals surface area contributed by atoms with Gasteiger partial charge in [0.25, 0.3) is 0 Å². The summed E-state index contributed by atoms with van der Waals surface area (Å²) in [7, 11) is 0. The van der Waals surface area contributed by atoms with Crippen molar-refractivity contribution in [3.05, 3.63) is 34.4 Å². The number of anilines is 1. The number of esters is 1. The van der Waals surface area contributed by atoms with Crippen LogP contribution in [0.25, 0.3) is 0 Å². The van der Waals surface area contributed by atoms with Gasteiger partial charge in [-0.15, -0.1) is 11.3 Å². The number of hydrogen-bond donors (Lipinski definition) is 3. The smallest absolute Gasteiger partial charge is 0.303 e. The standard InChI is InChI=1S/C33H46N2O6S/c1-17(36)41-28(2,3)13-12-23(38)33(9,40)25-20(37)15-30(6)22-11-10-18-19(32(22,8)24(39)16-31(25,30)7)14-21-26(29(18,4)5)35-27(34)42-21/h10,12-13,19-20,22,25,37,40H,11,14-16H2,1-9H3,(H2,34,35)/b13-12+/t19-,20-,22+,25+,30+,31-,32+,33+/m1/s1. The molecule has 8 nitrogen and oxygen atoms in total. The molecule has 4 aliphatic carbocycles. The minimum Gasteiger partial charge on any atom is -0.456 e. The Bertz CT molecular complexity index is 1420. The van der Waals surface area contributed by atoms with Gasteiger partial charge in [0.15, 0.2) is 10.9 Å². The van der Waals surface area contributed by atoms with Gasteiger partial charge in [0.2, 0.25) is 0 Å². The molecule has 1 aromatic rings. The third-order valence-electron chi connectivity index (χ3n) is 11.9. The predicted molar refractivity (Wildman–Crippen MR) is 162 cm³/mol. The molecule has 0 aliphatic heterocycles. The molecule has 0 spiro atoms. The summed E-state index contributed by atoms with van der Waals surface area (Å²) in [6, 6.07) is 0. The van der Waals surface area contributed by atoms with E-state index in [1.807, 2.05) is 6.92 Å². The molecule has 2 saturated carbocycles. The first-order chi connectivity index (χ1) is 19.1. The maximum absolute atomic E-state index is 14.6. The van der Waals surface area contributed by atoms with Crippen molar-refractivity contribution in [1.29, 1.82) is 0 Å². The monoisotopic (exact) mass is 598 g/mol. The van der Waals surface area contributed by atoms with Crippen LogP contribution in [-0.4, -0.2) is 50.0 Å². The Balaban J connectivity index is 1.53. The second-order valence-corrected chi connectivity index (χ2v) is 16.3. The SMILES string of the molecule is CC(=O)OC(C)(C)/C=C/C(=O)[C@](C)(O)[C@H]1[C@H](O)C[C@@]2(C)[C@@H]3CC=C4[C@@H](Cc5sc(N)nc5C4(C)C)[C@]3(C)C(=O)C[C@]12C. The van der Waals surface area contributed by atoms with Gasteiger partial charge in [-0.2, -0.15) is 0 Å². The van der Waals surface area contributed by atoms with Crippen molar-refractivity contribution < 1.29 is 29.3 Å². The van der Waals surface area contributed by atoms with Crippen molar-refractivity contribution >= 4 is 34.0 Å². The molecular formula is C33H46N2O6S. The first-order valence-electron chi connectivity index (χ1n) is 15.0. The number of aromatic nitrogens is 1. The van der Waals surface area contributed by atoms with E-state index in [1.54, 1.807) is 13.8 Å². The number of carbonyl (C=O) groups excluding carboxylic acids is 3. The number of ketones is 2. The van der Waals surface area contributed by atoms with Crippen LogP contribution in [0, 0.1) is 34.0 Å². The van der Waals surface area contributed by atoms with Crippen molar-refractivity contribution in [3.63, 3.8) is 0 Å². The Morgan fingerprint density at radius 2 is 1.81 bits per heavy atom. The third kappa shape index (κ3) is 4.13. The zero-order valence-electron chi connectivity index (χ0n) is 26.3. The molecule has 2 fully saturated rings. The highest BCUT2D eigenvalue weighted by Gasteiger charge is 2.74. The minimum atomic E-state index is -1.94. The number of nitrogen functional groups attached to an aromatic ring is 1. The maximum atomic E-state index is 14.6. The van der Waals surface area contributed by atoms with E-state index in [0.29, 0.717) is 24.4 Å². The van der Waals surface area contributed by atoms with Gasteiger partial charge in [0, 0.05) is 35.0 Å². The van der Waals surface area contributed by atoms with Crippen LogP contribution < -0.4 is 5.73 Å². The molecule has 9 heteroatoms. The van der Waals surface area contributed by atoms with Gasteiger partial charge in [-0.05, 0) is 74.9 Å². The highest BCUT2D eigenvalue weighted by Crippen LogP contribution is 2.74. The molecule has 1 heterocycles. The fourth-order valence-electron chi connectivity index (χ4n) is 9.78. The number of nitrogens with two attached hydrogens (primary N) is 1. The van der Waals surface area contributed by atoms with Crippen molar-refractivity contribution in [2.45, 2.75) is 111 Å². The average molecular weight is 599 g/mol. The van der Waals surface area contributed by atoms with E-state index in [0.717, 1.165) is 10.6 Å². The summed E-state index contributed by atoms with van der Waals surface area (Å²) in [5.74, 6) is -1.92. The number of rotatable bonds is 5. The summed E-state index contributed by atoms with van der Waals surface area (Å²) in [5.41, 5.74) is 3.02. The number of allylic oxidation sites excluding steroid dienone is 2. The molecule has 0 saturated heterocycles. The normalized spacial score (nSPS) is 38.5. The number of nitrogens with zero attached hydrogens (tertiary/aromatic N) is 1. The van der Waals surface area contributed by atoms with Crippen LogP contribution in [0.2, 0.25) is 0 Å². The van der Waals surface area contributed by atoms with Crippen molar-refractivity contribution in [2.24, 2.45) is 34.0 Å². The van der Waals surface area contributed by atoms with E-state index in [9.17, 15) is 24.6 Å². The van der Waals surface area contributed by atoms with Crippen LogP contribution >= 0.6 is 11.3 Å². The van der Waals surface area contributed by atoms with Gasteiger partial charge >= 0.3 is 5.97 Å². The fourth-order valence-corrected chi connectivity index (χ4v) is 10.8. The average Bonchev–Trinajstić information content (AvgIpc) is 3.31. The van der Waals surface area contributed by atoms with E-state index in [-0.39, 0.29) is 29.5 Å².